The van der Waals surface area contributed by atoms with E-state index in [0.29, 0.717) is 10.2 Å². The number of nitrogen functional groups attached to an aromatic ring is 1. The number of nitrogens with zero attached hydrogens (tertiary/aromatic N) is 2. The molecule has 1 fully saturated rings. The van der Waals surface area contributed by atoms with E-state index in [-0.39, 0.29) is 30.9 Å². The van der Waals surface area contributed by atoms with Crippen molar-refractivity contribution in [1.82, 2.24) is 9.55 Å². The molecule has 4 aromatic rings. The number of benzene rings is 3. The molecule has 2 N–H and O–H groups in total. The third kappa shape index (κ3) is 7.46. The Morgan fingerprint density at radius 3 is 2.23 bits per heavy atom. The van der Waals surface area contributed by atoms with Crippen LogP contribution in [0.2, 0.25) is 0 Å². The Kier molecular flexibility index (Phi) is 10.2. The first-order valence-corrected chi connectivity index (χ1v) is 14.6. The number of hydrogen-bond acceptors (Lipinski definition) is 9. The Bertz CT molecular complexity index is 1570. The van der Waals surface area contributed by atoms with Gasteiger partial charge >= 0.3 is 10.9 Å². The summed E-state index contributed by atoms with van der Waals surface area (Å²) in [5.41, 5.74) is 5.12. The monoisotopic (exact) mass is 669 g/mol. The SMILES string of the molecule is Nc1nc(=O)n([C@@H]2O[C@](CF)(COCc3ccccc3)[C@@H](OCc3ccccc3)[C@H]2OC(=S)Oc2ccccc2)cc1Br. The normalized spacial score (nSPS) is 21.4. The maximum Gasteiger partial charge on any atom is 0.358 e. The maximum absolute atomic E-state index is 15.3. The third-order valence-electron chi connectivity index (χ3n) is 6.79. The van der Waals surface area contributed by atoms with E-state index in [9.17, 15) is 4.79 Å². The largest absolute Gasteiger partial charge is 0.446 e. The lowest BCUT2D eigenvalue weighted by atomic mass is 9.96. The molecule has 0 spiro atoms. The van der Waals surface area contributed by atoms with Crippen molar-refractivity contribution in [2.45, 2.75) is 37.3 Å². The summed E-state index contributed by atoms with van der Waals surface area (Å²) in [7, 11) is 0. The van der Waals surface area contributed by atoms with Gasteiger partial charge in [-0.25, -0.2) is 9.18 Å². The second-order valence-electron chi connectivity index (χ2n) is 9.81. The Morgan fingerprint density at radius 2 is 1.60 bits per heavy atom. The van der Waals surface area contributed by atoms with E-state index in [0.717, 1.165) is 15.7 Å². The molecular weight excluding hydrogens is 641 g/mol. The average Bonchev–Trinajstić information content (AvgIpc) is 3.32. The Morgan fingerprint density at radius 1 is 1.00 bits per heavy atom. The van der Waals surface area contributed by atoms with Crippen LogP contribution < -0.4 is 16.2 Å². The summed E-state index contributed by atoms with van der Waals surface area (Å²) in [6.07, 6.45) is -2.11. The smallest absolute Gasteiger partial charge is 0.358 e. The van der Waals surface area contributed by atoms with Crippen LogP contribution in [-0.4, -0.2) is 45.9 Å². The summed E-state index contributed by atoms with van der Waals surface area (Å²) in [5.74, 6) is 0.418. The molecular formula is C31H29BrFN3O6S. The summed E-state index contributed by atoms with van der Waals surface area (Å²) in [5, 5.41) is -0.270. The van der Waals surface area contributed by atoms with Gasteiger partial charge in [-0.1, -0.05) is 78.9 Å². The van der Waals surface area contributed by atoms with Crippen LogP contribution in [0.1, 0.15) is 17.4 Å². The minimum absolute atomic E-state index is 0.0144. The van der Waals surface area contributed by atoms with E-state index < -0.39 is 36.4 Å². The van der Waals surface area contributed by atoms with Gasteiger partial charge in [0.1, 0.15) is 24.3 Å². The molecule has 0 aliphatic carbocycles. The molecule has 3 aromatic carbocycles. The second kappa shape index (κ2) is 14.2. The van der Waals surface area contributed by atoms with Gasteiger partial charge in [-0.3, -0.25) is 4.57 Å². The Labute approximate surface area is 261 Å². The number of thiocarbonyl (C=S) groups is 1. The van der Waals surface area contributed by atoms with Crippen LogP contribution in [0.25, 0.3) is 0 Å². The minimum atomic E-state index is -1.70. The standard InChI is InChI=1S/C31H29BrFN3O6S/c32-24-16-36(29(37)35-27(24)34)28-25(41-30(43)40-23-14-8-3-9-15-23)26(39-18-22-12-6-2-7-13-22)31(19-33,42-28)20-38-17-21-10-4-1-5-11-21/h1-16,25-26,28H,17-20H2,(H2,34,35,37)/t25-,26+,28-,31-/m1/s1. The average molecular weight is 671 g/mol. The Hall–Kier alpha value is -3.68. The molecule has 0 bridgehead atoms. The van der Waals surface area contributed by atoms with E-state index >= 15 is 4.39 Å². The molecule has 1 aliphatic rings. The predicted octanol–water partition coefficient (Wildman–Crippen LogP) is 5.38. The van der Waals surface area contributed by atoms with E-state index in [2.05, 4.69) is 20.9 Å². The van der Waals surface area contributed by atoms with Gasteiger partial charge < -0.3 is 29.4 Å². The zero-order valence-electron chi connectivity index (χ0n) is 22.9. The van der Waals surface area contributed by atoms with Crippen molar-refractivity contribution >= 4 is 39.2 Å². The number of nitrogens with two attached hydrogens (primary N) is 1. The highest BCUT2D eigenvalue weighted by molar-refractivity contribution is 9.10. The molecule has 224 valence electrons. The van der Waals surface area contributed by atoms with E-state index in [1.54, 1.807) is 24.3 Å². The summed E-state index contributed by atoms with van der Waals surface area (Å²) in [6.45, 7) is -0.966. The van der Waals surface area contributed by atoms with E-state index in [1.165, 1.54) is 6.20 Å². The molecule has 0 amide bonds. The molecule has 0 unspecified atom stereocenters. The number of alkyl halides is 1. The first kappa shape index (κ1) is 30.8. The van der Waals surface area contributed by atoms with Gasteiger partial charge in [-0.2, -0.15) is 4.98 Å². The number of ether oxygens (including phenoxy) is 5. The lowest BCUT2D eigenvalue weighted by Crippen LogP contribution is -2.51. The highest BCUT2D eigenvalue weighted by Gasteiger charge is 2.59. The van der Waals surface area contributed by atoms with Gasteiger partial charge in [0, 0.05) is 18.4 Å². The minimum Gasteiger partial charge on any atom is -0.446 e. The molecule has 4 atom stereocenters. The lowest BCUT2D eigenvalue weighted by molar-refractivity contribution is -0.165. The van der Waals surface area contributed by atoms with E-state index in [4.69, 9.17) is 41.6 Å². The lowest BCUT2D eigenvalue weighted by Gasteiger charge is -2.32. The number of anilines is 1. The molecule has 43 heavy (non-hydrogen) atoms. The van der Waals surface area contributed by atoms with Gasteiger partial charge in [0.15, 0.2) is 17.9 Å². The van der Waals surface area contributed by atoms with Crippen LogP contribution in [-0.2, 0) is 32.2 Å². The summed E-state index contributed by atoms with van der Waals surface area (Å²) in [4.78, 5) is 16.9. The molecule has 9 nitrogen and oxygen atoms in total. The van der Waals surface area contributed by atoms with Crippen molar-refractivity contribution in [3.63, 3.8) is 0 Å². The molecule has 1 saturated heterocycles. The van der Waals surface area contributed by atoms with Crippen molar-refractivity contribution in [1.29, 1.82) is 0 Å². The van der Waals surface area contributed by atoms with Crippen LogP contribution in [0.5, 0.6) is 5.75 Å². The molecule has 0 radical (unpaired) electrons. The maximum atomic E-state index is 15.3. The van der Waals surface area contributed by atoms with Gasteiger partial charge in [0.2, 0.25) is 0 Å². The number of aromatic nitrogens is 2. The van der Waals surface area contributed by atoms with Gasteiger partial charge in [0.25, 0.3) is 0 Å². The molecule has 1 aromatic heterocycles. The summed E-state index contributed by atoms with van der Waals surface area (Å²) in [6, 6.07) is 27.6. The zero-order valence-corrected chi connectivity index (χ0v) is 25.3. The van der Waals surface area contributed by atoms with Crippen molar-refractivity contribution in [2.75, 3.05) is 19.0 Å². The van der Waals surface area contributed by atoms with E-state index in [1.807, 2.05) is 66.7 Å². The number of halogens is 2. The molecule has 5 rings (SSSR count). The van der Waals surface area contributed by atoms with Gasteiger partial charge in [-0.15, -0.1) is 0 Å². The fourth-order valence-electron chi connectivity index (χ4n) is 4.70. The van der Waals surface area contributed by atoms with Gasteiger partial charge in [0.05, 0.1) is 24.3 Å². The molecule has 12 heteroatoms. The fourth-order valence-corrected chi connectivity index (χ4v) is 5.22. The Balaban J connectivity index is 1.51. The van der Waals surface area contributed by atoms with Crippen LogP contribution in [0.3, 0.4) is 0 Å². The van der Waals surface area contributed by atoms with Crippen LogP contribution in [0.15, 0.2) is 106 Å². The molecule has 0 saturated carbocycles. The predicted molar refractivity (Wildman–Crippen MR) is 165 cm³/mol. The molecule has 2 heterocycles. The first-order valence-electron chi connectivity index (χ1n) is 13.4. The van der Waals surface area contributed by atoms with Crippen LogP contribution in [0.4, 0.5) is 10.2 Å². The topological polar surface area (TPSA) is 107 Å². The summed E-state index contributed by atoms with van der Waals surface area (Å²) < 4.78 is 47.4. The first-order chi connectivity index (χ1) is 20.9. The number of para-hydroxylation sites is 1. The fraction of sp³-hybridized carbons (Fsp3) is 0.258. The number of hydrogen-bond donors (Lipinski definition) is 1. The third-order valence-corrected chi connectivity index (χ3v) is 7.59. The zero-order chi connectivity index (χ0) is 30.2. The van der Waals surface area contributed by atoms with Crippen molar-refractivity contribution in [3.05, 3.63) is 123 Å². The van der Waals surface area contributed by atoms with Gasteiger partial charge in [-0.05, 0) is 39.2 Å². The highest BCUT2D eigenvalue weighted by atomic mass is 79.9. The summed E-state index contributed by atoms with van der Waals surface area (Å²) >= 11 is 8.74. The molecule has 1 aliphatic heterocycles. The quantitative estimate of drug-likeness (QED) is 0.211. The van der Waals surface area contributed by atoms with Crippen molar-refractivity contribution < 1.29 is 28.1 Å². The van der Waals surface area contributed by atoms with Crippen molar-refractivity contribution in [2.24, 2.45) is 0 Å². The van der Waals surface area contributed by atoms with Crippen molar-refractivity contribution in [3.8, 4) is 5.75 Å². The second-order valence-corrected chi connectivity index (χ2v) is 11.0. The van der Waals surface area contributed by atoms with Crippen LogP contribution >= 0.6 is 28.1 Å². The van der Waals surface area contributed by atoms with Crippen LogP contribution in [0, 0.1) is 0 Å². The highest BCUT2D eigenvalue weighted by Crippen LogP contribution is 2.42. The number of rotatable bonds is 11.